The predicted octanol–water partition coefficient (Wildman–Crippen LogP) is 2.19. The molecular formula is C24H38F2N4O6. The van der Waals surface area contributed by atoms with Gasteiger partial charge in [-0.15, -0.1) is 0 Å². The Balaban J connectivity index is 2.36. The quantitative estimate of drug-likeness (QED) is 0.344. The lowest BCUT2D eigenvalue weighted by Crippen LogP contribution is -2.58. The van der Waals surface area contributed by atoms with Crippen LogP contribution in [0.25, 0.3) is 0 Å². The number of nitrogens with zero attached hydrogens (tertiary/aromatic N) is 1. The fraction of sp³-hybridized carbons (Fsp3) is 0.792. The third kappa shape index (κ3) is 7.60. The molecule has 0 aromatic rings. The maximum Gasteiger partial charge on any atom is 0.405 e. The van der Waals surface area contributed by atoms with Gasteiger partial charge in [0.1, 0.15) is 12.1 Å². The lowest BCUT2D eigenvalue weighted by molar-refractivity contribution is -0.143. The zero-order valence-electron chi connectivity index (χ0n) is 21.4. The Morgan fingerprint density at radius 1 is 1.06 bits per heavy atom. The second-order valence-corrected chi connectivity index (χ2v) is 11.4. The number of nitrogens with two attached hydrogens (primary N) is 1. The number of nitrogens with one attached hydrogen (secondary N) is 2. The second-order valence-electron chi connectivity index (χ2n) is 11.4. The summed E-state index contributed by atoms with van der Waals surface area (Å²) >= 11 is 0. The van der Waals surface area contributed by atoms with Gasteiger partial charge in [-0.3, -0.25) is 19.2 Å². The first-order valence-electron chi connectivity index (χ1n) is 12.3. The lowest BCUT2D eigenvalue weighted by atomic mass is 9.72. The van der Waals surface area contributed by atoms with Crippen LogP contribution < -0.4 is 16.4 Å². The number of amides is 4. The standard InChI is InChI=1S/C24H38F2N4O6/c1-22(2,3)17(29-21(35)36)20(34)30-13-24(9-6-5-7-10-24)12-15(30)19(33)28-14(16(31)18(27)32)8-11-23(4,25)26/h14-15,17,29H,5-13H2,1-4H3,(H2,27,32)(H,28,33)(H,35,36)/t14-,15-,17+/m0/s1. The van der Waals surface area contributed by atoms with Crippen molar-refractivity contribution in [2.75, 3.05) is 6.54 Å². The number of alkyl halides is 2. The predicted molar refractivity (Wildman–Crippen MR) is 126 cm³/mol. The van der Waals surface area contributed by atoms with Crippen molar-refractivity contribution in [2.45, 2.75) is 103 Å². The highest BCUT2D eigenvalue weighted by molar-refractivity contribution is 6.37. The Morgan fingerprint density at radius 3 is 2.11 bits per heavy atom. The molecule has 3 atom stereocenters. The van der Waals surface area contributed by atoms with Crippen molar-refractivity contribution >= 4 is 29.6 Å². The zero-order valence-corrected chi connectivity index (χ0v) is 21.4. The summed E-state index contributed by atoms with van der Waals surface area (Å²) in [5.74, 6) is -7.03. The molecule has 12 heteroatoms. The molecule has 2 aliphatic rings. The monoisotopic (exact) mass is 516 g/mol. The van der Waals surface area contributed by atoms with E-state index in [4.69, 9.17) is 5.73 Å². The molecule has 4 amide bonds. The summed E-state index contributed by atoms with van der Waals surface area (Å²) in [7, 11) is 0. The maximum atomic E-state index is 13.6. The molecular weight excluding hydrogens is 478 g/mol. The van der Waals surface area contributed by atoms with Gasteiger partial charge in [0, 0.05) is 13.0 Å². The summed E-state index contributed by atoms with van der Waals surface area (Å²) in [6.45, 7) is 5.98. The Bertz CT molecular complexity index is 877. The molecule has 204 valence electrons. The van der Waals surface area contributed by atoms with Crippen molar-refractivity contribution in [3.8, 4) is 0 Å². The topological polar surface area (TPSA) is 159 Å². The van der Waals surface area contributed by atoms with Crippen LogP contribution in [0.2, 0.25) is 0 Å². The second kappa shape index (κ2) is 11.1. The fourth-order valence-corrected chi connectivity index (χ4v) is 5.23. The van der Waals surface area contributed by atoms with E-state index < -0.39 is 71.9 Å². The molecule has 1 heterocycles. The smallest absolute Gasteiger partial charge is 0.405 e. The number of likely N-dealkylation sites (tertiary alicyclic amines) is 1. The number of carboxylic acid groups (broad SMARTS) is 1. The minimum absolute atomic E-state index is 0.235. The van der Waals surface area contributed by atoms with Gasteiger partial charge in [-0.1, -0.05) is 40.0 Å². The molecule has 10 nitrogen and oxygen atoms in total. The SMILES string of the molecule is CC(F)(F)CC[C@H](NC(=O)[C@@H]1CC2(CCCCC2)CN1C(=O)[C@@H](NC(=O)O)C(C)(C)C)C(=O)C(N)=O. The molecule has 0 unspecified atom stereocenters. The van der Waals surface area contributed by atoms with E-state index in [0.29, 0.717) is 6.92 Å². The third-order valence-corrected chi connectivity index (χ3v) is 7.14. The molecule has 0 aromatic heterocycles. The number of hydrogen-bond acceptors (Lipinski definition) is 5. The first kappa shape index (κ1) is 29.4. The number of primary amides is 1. The van der Waals surface area contributed by atoms with Crippen LogP contribution in [0.15, 0.2) is 0 Å². The largest absolute Gasteiger partial charge is 0.465 e. The van der Waals surface area contributed by atoms with Crippen LogP contribution in [-0.2, 0) is 19.2 Å². The number of hydrogen-bond donors (Lipinski definition) is 4. The van der Waals surface area contributed by atoms with Crippen molar-refractivity contribution in [1.82, 2.24) is 15.5 Å². The average molecular weight is 517 g/mol. The van der Waals surface area contributed by atoms with Crippen molar-refractivity contribution < 1.29 is 37.9 Å². The molecule has 0 bridgehead atoms. The van der Waals surface area contributed by atoms with Crippen LogP contribution in [0.5, 0.6) is 0 Å². The highest BCUT2D eigenvalue weighted by Gasteiger charge is 2.51. The minimum Gasteiger partial charge on any atom is -0.465 e. The van der Waals surface area contributed by atoms with E-state index in [2.05, 4.69) is 10.6 Å². The van der Waals surface area contributed by atoms with Crippen molar-refractivity contribution in [3.05, 3.63) is 0 Å². The van der Waals surface area contributed by atoms with Crippen molar-refractivity contribution in [1.29, 1.82) is 0 Å². The highest BCUT2D eigenvalue weighted by Crippen LogP contribution is 2.47. The minimum atomic E-state index is -3.13. The van der Waals surface area contributed by atoms with Crippen molar-refractivity contribution in [3.63, 3.8) is 0 Å². The van der Waals surface area contributed by atoms with E-state index in [0.717, 1.165) is 32.1 Å². The van der Waals surface area contributed by atoms with Crippen molar-refractivity contribution in [2.24, 2.45) is 16.6 Å². The molecule has 2 fully saturated rings. The first-order chi connectivity index (χ1) is 16.5. The Hall–Kier alpha value is -2.79. The van der Waals surface area contributed by atoms with Gasteiger partial charge in [0.2, 0.25) is 23.5 Å². The molecule has 1 spiro atoms. The molecule has 1 saturated heterocycles. The van der Waals surface area contributed by atoms with Gasteiger partial charge in [0.15, 0.2) is 0 Å². The van der Waals surface area contributed by atoms with E-state index in [1.54, 1.807) is 20.8 Å². The summed E-state index contributed by atoms with van der Waals surface area (Å²) in [6.07, 6.45) is 2.05. The third-order valence-electron chi connectivity index (χ3n) is 7.14. The maximum absolute atomic E-state index is 13.6. The fourth-order valence-electron chi connectivity index (χ4n) is 5.23. The van der Waals surface area contributed by atoms with Gasteiger partial charge < -0.3 is 26.4 Å². The van der Waals surface area contributed by atoms with Crippen LogP contribution in [0.1, 0.15) is 79.1 Å². The summed E-state index contributed by atoms with van der Waals surface area (Å²) in [5, 5.41) is 13.9. The lowest BCUT2D eigenvalue weighted by Gasteiger charge is -2.36. The van der Waals surface area contributed by atoms with Crippen LogP contribution in [0.4, 0.5) is 13.6 Å². The van der Waals surface area contributed by atoms with Gasteiger partial charge >= 0.3 is 6.09 Å². The van der Waals surface area contributed by atoms with Gasteiger partial charge in [-0.25, -0.2) is 13.6 Å². The van der Waals surface area contributed by atoms with E-state index in [9.17, 15) is 37.9 Å². The summed E-state index contributed by atoms with van der Waals surface area (Å²) < 4.78 is 26.9. The molecule has 0 radical (unpaired) electrons. The Morgan fingerprint density at radius 2 is 1.64 bits per heavy atom. The molecule has 2 rings (SSSR count). The van der Waals surface area contributed by atoms with Gasteiger partial charge in [-0.05, 0) is 43.4 Å². The Kier molecular flexibility index (Phi) is 9.06. The van der Waals surface area contributed by atoms with Gasteiger partial charge in [0.05, 0.1) is 6.04 Å². The number of halogens is 2. The zero-order chi connectivity index (χ0) is 27.5. The van der Waals surface area contributed by atoms with E-state index in [1.807, 2.05) is 0 Å². The highest BCUT2D eigenvalue weighted by atomic mass is 19.3. The number of carbonyl (C=O) groups excluding carboxylic acids is 4. The van der Waals surface area contributed by atoms with E-state index in [-0.39, 0.29) is 18.4 Å². The van der Waals surface area contributed by atoms with E-state index in [1.165, 1.54) is 4.90 Å². The molecule has 5 N–H and O–H groups in total. The number of Topliss-reactive ketones (excluding diaryl/α,β-unsaturated/α-hetero) is 1. The molecule has 0 aromatic carbocycles. The number of rotatable bonds is 9. The number of ketones is 1. The van der Waals surface area contributed by atoms with Crippen LogP contribution >= 0.6 is 0 Å². The normalized spacial score (nSPS) is 21.5. The summed E-state index contributed by atoms with van der Waals surface area (Å²) in [4.78, 5) is 63.6. The van der Waals surface area contributed by atoms with Crippen LogP contribution in [0.3, 0.4) is 0 Å². The molecule has 1 saturated carbocycles. The van der Waals surface area contributed by atoms with Gasteiger partial charge in [-0.2, -0.15) is 0 Å². The molecule has 1 aliphatic carbocycles. The van der Waals surface area contributed by atoms with E-state index >= 15 is 0 Å². The average Bonchev–Trinajstić information content (AvgIpc) is 3.11. The summed E-state index contributed by atoms with van der Waals surface area (Å²) in [5.41, 5.74) is 3.92. The molecule has 36 heavy (non-hydrogen) atoms. The first-order valence-corrected chi connectivity index (χ1v) is 12.3. The van der Waals surface area contributed by atoms with Crippen LogP contribution in [0, 0.1) is 10.8 Å². The van der Waals surface area contributed by atoms with Crippen LogP contribution in [-0.4, -0.2) is 70.2 Å². The summed E-state index contributed by atoms with van der Waals surface area (Å²) in [6, 6.07) is -3.76. The number of carbonyl (C=O) groups is 5. The molecule has 1 aliphatic heterocycles. The Labute approximate surface area is 209 Å². The van der Waals surface area contributed by atoms with Gasteiger partial charge in [0.25, 0.3) is 5.91 Å².